The number of halogens is 3. The maximum atomic E-state index is 12.7. The number of rotatable bonds is 5. The maximum absolute atomic E-state index is 12.7. The van der Waals surface area contributed by atoms with Crippen LogP contribution in [-0.4, -0.2) is 21.0 Å². The Labute approximate surface area is 162 Å². The molecule has 0 aliphatic carbocycles. The summed E-state index contributed by atoms with van der Waals surface area (Å²) in [4.78, 5) is 16.4. The fourth-order valence-electron chi connectivity index (χ4n) is 2.30. The molecule has 0 aliphatic heterocycles. The summed E-state index contributed by atoms with van der Waals surface area (Å²) in [5, 5.41) is 2.47. The van der Waals surface area contributed by atoms with Crippen molar-refractivity contribution in [1.82, 2.24) is 9.36 Å². The third-order valence-corrected chi connectivity index (χ3v) is 5.43. The van der Waals surface area contributed by atoms with Crippen LogP contribution in [0.15, 0.2) is 52.9 Å². The fourth-order valence-corrected chi connectivity index (χ4v) is 3.71. The minimum absolute atomic E-state index is 0.0264. The van der Waals surface area contributed by atoms with Gasteiger partial charge in [-0.3, -0.25) is 4.79 Å². The van der Waals surface area contributed by atoms with Crippen LogP contribution in [0, 0.1) is 6.92 Å². The first-order valence-electron chi connectivity index (χ1n) is 7.82. The van der Waals surface area contributed by atoms with Gasteiger partial charge >= 0.3 is 6.18 Å². The van der Waals surface area contributed by atoms with Crippen LogP contribution in [0.5, 0.6) is 0 Å². The number of carbonyl (C=O) groups is 1. The molecular weight excluding hydrogens is 395 g/mol. The van der Waals surface area contributed by atoms with Crippen LogP contribution in [0.4, 0.5) is 18.9 Å². The van der Waals surface area contributed by atoms with Gasteiger partial charge in [-0.15, -0.1) is 0 Å². The molecule has 0 aliphatic rings. The first-order valence-corrected chi connectivity index (χ1v) is 9.58. The van der Waals surface area contributed by atoms with E-state index in [9.17, 15) is 18.0 Å². The largest absolute Gasteiger partial charge is 0.416 e. The van der Waals surface area contributed by atoms with Crippen LogP contribution in [-0.2, 0) is 11.0 Å². The highest BCUT2D eigenvalue weighted by molar-refractivity contribution is 8.01. The average molecular weight is 409 g/mol. The van der Waals surface area contributed by atoms with E-state index < -0.39 is 17.6 Å². The van der Waals surface area contributed by atoms with Gasteiger partial charge in [0.25, 0.3) is 0 Å². The zero-order valence-corrected chi connectivity index (χ0v) is 15.7. The van der Waals surface area contributed by atoms with Crippen molar-refractivity contribution < 1.29 is 18.0 Å². The van der Waals surface area contributed by atoms with Crippen molar-refractivity contribution in [2.75, 3.05) is 11.1 Å². The summed E-state index contributed by atoms with van der Waals surface area (Å²) < 4.78 is 43.1. The molecule has 0 radical (unpaired) electrons. The number of benzene rings is 2. The van der Waals surface area contributed by atoms with Gasteiger partial charge in [-0.1, -0.05) is 42.1 Å². The first kappa shape index (κ1) is 19.4. The molecule has 0 saturated heterocycles. The average Bonchev–Trinajstić information content (AvgIpc) is 3.09. The number of alkyl halides is 3. The normalized spacial score (nSPS) is 11.4. The van der Waals surface area contributed by atoms with Crippen LogP contribution in [0.25, 0.3) is 11.4 Å². The predicted octanol–water partition coefficient (Wildman–Crippen LogP) is 5.26. The summed E-state index contributed by atoms with van der Waals surface area (Å²) >= 11 is 2.37. The molecule has 4 nitrogen and oxygen atoms in total. The lowest BCUT2D eigenvalue weighted by Crippen LogP contribution is -2.15. The molecule has 0 saturated carbocycles. The van der Waals surface area contributed by atoms with E-state index in [-0.39, 0.29) is 11.4 Å². The second kappa shape index (κ2) is 8.10. The molecule has 27 heavy (non-hydrogen) atoms. The minimum Gasteiger partial charge on any atom is -0.325 e. The summed E-state index contributed by atoms with van der Waals surface area (Å²) in [6, 6.07) is 12.3. The van der Waals surface area contributed by atoms with E-state index in [1.54, 1.807) is 0 Å². The van der Waals surface area contributed by atoms with Gasteiger partial charge in [-0.2, -0.15) is 17.5 Å². The van der Waals surface area contributed by atoms with Crippen LogP contribution < -0.4 is 5.32 Å². The van der Waals surface area contributed by atoms with Crippen LogP contribution in [0.1, 0.15) is 11.1 Å². The van der Waals surface area contributed by atoms with E-state index in [4.69, 9.17) is 0 Å². The van der Waals surface area contributed by atoms with Crippen LogP contribution in [0.2, 0.25) is 0 Å². The molecule has 0 bridgehead atoms. The third-order valence-electron chi connectivity index (χ3n) is 3.59. The molecule has 0 unspecified atom stereocenters. The summed E-state index contributed by atoms with van der Waals surface area (Å²) in [5.74, 6) is 0.212. The van der Waals surface area contributed by atoms with E-state index in [1.165, 1.54) is 35.4 Å². The number of aryl methyl sites for hydroxylation is 1. The first-order chi connectivity index (χ1) is 12.8. The minimum atomic E-state index is -4.45. The Morgan fingerprint density at radius 1 is 1.19 bits per heavy atom. The molecule has 3 rings (SSSR count). The zero-order chi connectivity index (χ0) is 19.4. The van der Waals surface area contributed by atoms with Gasteiger partial charge < -0.3 is 5.32 Å². The van der Waals surface area contributed by atoms with E-state index in [2.05, 4.69) is 14.7 Å². The van der Waals surface area contributed by atoms with Crippen molar-refractivity contribution in [2.24, 2.45) is 0 Å². The van der Waals surface area contributed by atoms with Gasteiger partial charge in [-0.25, -0.2) is 4.98 Å². The molecule has 0 fully saturated rings. The van der Waals surface area contributed by atoms with Crippen LogP contribution in [0.3, 0.4) is 0 Å². The zero-order valence-electron chi connectivity index (χ0n) is 14.1. The predicted molar refractivity (Wildman–Crippen MR) is 101 cm³/mol. The van der Waals surface area contributed by atoms with Crippen molar-refractivity contribution in [3.05, 3.63) is 59.7 Å². The van der Waals surface area contributed by atoms with Crippen molar-refractivity contribution in [2.45, 2.75) is 17.4 Å². The summed E-state index contributed by atoms with van der Waals surface area (Å²) in [6.07, 6.45) is -4.45. The Morgan fingerprint density at radius 3 is 2.70 bits per heavy atom. The molecule has 0 spiro atoms. The maximum Gasteiger partial charge on any atom is 0.416 e. The number of carbonyl (C=O) groups excluding carboxylic acids is 1. The standard InChI is InChI=1S/C18H14F3N3OS2/c1-11-5-2-3-8-14(11)16-23-17(27-24-16)26-10-15(25)22-13-7-4-6-12(9-13)18(19,20)21/h2-9H,10H2,1H3,(H,22,25). The number of amides is 1. The Hall–Kier alpha value is -2.39. The molecule has 3 aromatic rings. The Kier molecular flexibility index (Phi) is 5.81. The monoisotopic (exact) mass is 409 g/mol. The van der Waals surface area contributed by atoms with E-state index >= 15 is 0 Å². The third kappa shape index (κ3) is 5.08. The molecule has 1 N–H and O–H groups in total. The molecule has 0 atom stereocenters. The number of nitrogens with one attached hydrogen (secondary N) is 1. The van der Waals surface area contributed by atoms with Gasteiger partial charge in [0.15, 0.2) is 10.2 Å². The van der Waals surface area contributed by atoms with Crippen molar-refractivity contribution in [3.8, 4) is 11.4 Å². The quantitative estimate of drug-likeness (QED) is 0.584. The van der Waals surface area contributed by atoms with Gasteiger partial charge in [-0.05, 0) is 42.2 Å². The fraction of sp³-hybridized carbons (Fsp3) is 0.167. The molecular formula is C18H14F3N3OS2. The number of hydrogen-bond acceptors (Lipinski definition) is 5. The van der Waals surface area contributed by atoms with Gasteiger partial charge in [0, 0.05) is 11.3 Å². The second-order valence-corrected chi connectivity index (χ2v) is 7.59. The number of aromatic nitrogens is 2. The van der Waals surface area contributed by atoms with Gasteiger partial charge in [0.1, 0.15) is 0 Å². The summed E-state index contributed by atoms with van der Waals surface area (Å²) in [7, 11) is 0. The number of hydrogen-bond donors (Lipinski definition) is 1. The SMILES string of the molecule is Cc1ccccc1-c1nsc(SCC(=O)Nc2cccc(C(F)(F)F)c2)n1. The number of nitrogens with zero attached hydrogens (tertiary/aromatic N) is 2. The Balaban J connectivity index is 1.60. The van der Waals surface area contributed by atoms with Gasteiger partial charge in [0.05, 0.1) is 11.3 Å². The van der Waals surface area contributed by atoms with Crippen molar-refractivity contribution >= 4 is 34.9 Å². The lowest BCUT2D eigenvalue weighted by molar-refractivity contribution is -0.137. The van der Waals surface area contributed by atoms with Crippen molar-refractivity contribution in [3.63, 3.8) is 0 Å². The molecule has 1 heterocycles. The molecule has 140 valence electrons. The lowest BCUT2D eigenvalue weighted by Gasteiger charge is -2.09. The highest BCUT2D eigenvalue weighted by Crippen LogP contribution is 2.31. The van der Waals surface area contributed by atoms with Crippen molar-refractivity contribution in [1.29, 1.82) is 0 Å². The number of thioether (sulfide) groups is 1. The molecule has 1 amide bonds. The van der Waals surface area contributed by atoms with E-state index in [0.717, 1.165) is 23.3 Å². The molecule has 2 aromatic carbocycles. The van der Waals surface area contributed by atoms with E-state index in [0.29, 0.717) is 10.2 Å². The molecule has 9 heteroatoms. The highest BCUT2D eigenvalue weighted by atomic mass is 32.2. The smallest absolute Gasteiger partial charge is 0.325 e. The lowest BCUT2D eigenvalue weighted by atomic mass is 10.1. The van der Waals surface area contributed by atoms with Gasteiger partial charge in [0.2, 0.25) is 5.91 Å². The second-order valence-electron chi connectivity index (χ2n) is 5.61. The van der Waals surface area contributed by atoms with E-state index in [1.807, 2.05) is 31.2 Å². The summed E-state index contributed by atoms with van der Waals surface area (Å²) in [6.45, 7) is 1.96. The van der Waals surface area contributed by atoms with Crippen LogP contribution >= 0.6 is 23.3 Å². The topological polar surface area (TPSA) is 54.9 Å². The Morgan fingerprint density at radius 2 is 1.96 bits per heavy atom. The molecule has 1 aromatic heterocycles. The highest BCUT2D eigenvalue weighted by Gasteiger charge is 2.30. The summed E-state index contributed by atoms with van der Waals surface area (Å²) in [5.41, 5.74) is 1.27. The Bertz CT molecular complexity index is 957. The number of anilines is 1.